The second kappa shape index (κ2) is 6.21. The molecule has 0 saturated heterocycles. The Morgan fingerprint density at radius 1 is 1.50 bits per heavy atom. The molecule has 1 rings (SSSR count). The maximum Gasteiger partial charge on any atom is 0.311 e. The zero-order valence-corrected chi connectivity index (χ0v) is 13.4. The number of methoxy groups -OCH3 is 1. The van der Waals surface area contributed by atoms with Gasteiger partial charge in [0.25, 0.3) is 5.91 Å². The van der Waals surface area contributed by atoms with Crippen LogP contribution in [0.4, 0.5) is 5.69 Å². The van der Waals surface area contributed by atoms with Crippen LogP contribution in [0.2, 0.25) is 0 Å². The van der Waals surface area contributed by atoms with Crippen LogP contribution in [0.5, 0.6) is 5.75 Å². The minimum Gasteiger partial charge on any atom is -0.490 e. The van der Waals surface area contributed by atoms with E-state index in [1.165, 1.54) is 25.3 Å². The van der Waals surface area contributed by atoms with E-state index in [1.807, 2.05) is 20.8 Å². The molecule has 1 N–H and O–H groups in total. The standard InChI is InChI=1S/C13H17BrN2O4/c1-8(14)13(2,3)15-12(17)9-6-5-7-10(16(18)19)11(9)20-4/h5-8H,1-4H3,(H,15,17). The molecule has 0 aliphatic rings. The molecule has 0 aliphatic carbocycles. The van der Waals surface area contributed by atoms with E-state index < -0.39 is 16.4 Å². The van der Waals surface area contributed by atoms with Crippen molar-refractivity contribution in [3.8, 4) is 5.75 Å². The third kappa shape index (κ3) is 3.47. The van der Waals surface area contributed by atoms with E-state index in [1.54, 1.807) is 0 Å². The van der Waals surface area contributed by atoms with Crippen LogP contribution >= 0.6 is 15.9 Å². The molecule has 20 heavy (non-hydrogen) atoms. The van der Waals surface area contributed by atoms with Crippen LogP contribution in [0.15, 0.2) is 18.2 Å². The molecule has 1 atom stereocenters. The van der Waals surface area contributed by atoms with E-state index >= 15 is 0 Å². The molecule has 7 heteroatoms. The number of para-hydroxylation sites is 1. The zero-order valence-electron chi connectivity index (χ0n) is 11.8. The summed E-state index contributed by atoms with van der Waals surface area (Å²) in [6, 6.07) is 4.25. The van der Waals surface area contributed by atoms with E-state index in [4.69, 9.17) is 4.74 Å². The van der Waals surface area contributed by atoms with Gasteiger partial charge in [0.15, 0.2) is 0 Å². The predicted molar refractivity (Wildman–Crippen MR) is 79.6 cm³/mol. The highest BCUT2D eigenvalue weighted by Crippen LogP contribution is 2.31. The summed E-state index contributed by atoms with van der Waals surface area (Å²) in [4.78, 5) is 22.7. The van der Waals surface area contributed by atoms with Crippen LogP contribution in [0.3, 0.4) is 0 Å². The van der Waals surface area contributed by atoms with Crippen LogP contribution in [-0.2, 0) is 0 Å². The quantitative estimate of drug-likeness (QED) is 0.505. The van der Waals surface area contributed by atoms with E-state index in [2.05, 4.69) is 21.2 Å². The average Bonchev–Trinajstić information content (AvgIpc) is 2.36. The van der Waals surface area contributed by atoms with Crippen molar-refractivity contribution in [2.75, 3.05) is 7.11 Å². The number of hydrogen-bond acceptors (Lipinski definition) is 4. The third-order valence-corrected chi connectivity index (χ3v) is 4.21. The van der Waals surface area contributed by atoms with Crippen molar-refractivity contribution in [1.82, 2.24) is 5.32 Å². The van der Waals surface area contributed by atoms with Gasteiger partial charge in [0.05, 0.1) is 17.6 Å². The van der Waals surface area contributed by atoms with Gasteiger partial charge in [-0.1, -0.05) is 28.9 Å². The number of nitro groups is 1. The number of carbonyl (C=O) groups is 1. The first kappa shape index (κ1) is 16.4. The minimum absolute atomic E-state index is 0.0312. The average molecular weight is 345 g/mol. The van der Waals surface area contributed by atoms with Crippen LogP contribution in [0.25, 0.3) is 0 Å². The number of carbonyl (C=O) groups excluding carboxylic acids is 1. The molecule has 0 bridgehead atoms. The summed E-state index contributed by atoms with van der Waals surface area (Å²) in [5, 5.41) is 13.8. The Morgan fingerprint density at radius 2 is 2.10 bits per heavy atom. The Bertz CT molecular complexity index is 529. The summed E-state index contributed by atoms with van der Waals surface area (Å²) >= 11 is 3.42. The number of nitrogens with one attached hydrogen (secondary N) is 1. The largest absolute Gasteiger partial charge is 0.490 e. The van der Waals surface area contributed by atoms with Crippen molar-refractivity contribution in [3.05, 3.63) is 33.9 Å². The Balaban J connectivity index is 3.17. The van der Waals surface area contributed by atoms with Crippen molar-refractivity contribution in [3.63, 3.8) is 0 Å². The predicted octanol–water partition coefficient (Wildman–Crippen LogP) is 2.90. The first-order valence-corrected chi connectivity index (χ1v) is 6.90. The lowest BCUT2D eigenvalue weighted by molar-refractivity contribution is -0.385. The Morgan fingerprint density at radius 3 is 2.55 bits per heavy atom. The van der Waals surface area contributed by atoms with Crippen LogP contribution < -0.4 is 10.1 Å². The van der Waals surface area contributed by atoms with Gasteiger partial charge in [-0.15, -0.1) is 0 Å². The van der Waals surface area contributed by atoms with Crippen molar-refractivity contribution in [1.29, 1.82) is 0 Å². The molecule has 0 spiro atoms. The number of nitro benzene ring substituents is 1. The molecule has 6 nitrogen and oxygen atoms in total. The molecule has 1 unspecified atom stereocenters. The van der Waals surface area contributed by atoms with E-state index in [9.17, 15) is 14.9 Å². The Kier molecular flexibility index (Phi) is 5.10. The number of rotatable bonds is 5. The molecule has 0 saturated carbocycles. The zero-order chi connectivity index (χ0) is 15.5. The smallest absolute Gasteiger partial charge is 0.311 e. The lowest BCUT2D eigenvalue weighted by atomic mass is 10.0. The summed E-state index contributed by atoms with van der Waals surface area (Å²) in [7, 11) is 1.30. The second-order valence-electron chi connectivity index (χ2n) is 4.91. The highest BCUT2D eigenvalue weighted by molar-refractivity contribution is 9.09. The van der Waals surface area contributed by atoms with Gasteiger partial charge in [0.2, 0.25) is 5.75 Å². The molecule has 1 amide bonds. The molecule has 0 heterocycles. The van der Waals surface area contributed by atoms with E-state index in [0.717, 1.165) is 0 Å². The number of halogens is 1. The minimum atomic E-state index is -0.576. The molecule has 0 aliphatic heterocycles. The normalized spacial score (nSPS) is 12.7. The van der Waals surface area contributed by atoms with Crippen LogP contribution in [-0.4, -0.2) is 28.3 Å². The van der Waals surface area contributed by atoms with E-state index in [-0.39, 0.29) is 21.8 Å². The fourth-order valence-corrected chi connectivity index (χ4v) is 1.64. The number of ether oxygens (including phenoxy) is 1. The van der Waals surface area contributed by atoms with Gasteiger partial charge in [-0.25, -0.2) is 0 Å². The maximum atomic E-state index is 12.3. The number of nitrogens with zero attached hydrogens (tertiary/aromatic N) is 1. The summed E-state index contributed by atoms with van der Waals surface area (Å²) in [5.74, 6) is -0.449. The van der Waals surface area contributed by atoms with Crippen molar-refractivity contribution >= 4 is 27.5 Å². The number of amides is 1. The highest BCUT2D eigenvalue weighted by atomic mass is 79.9. The van der Waals surface area contributed by atoms with Gasteiger partial charge in [0.1, 0.15) is 0 Å². The monoisotopic (exact) mass is 344 g/mol. The lowest BCUT2D eigenvalue weighted by Crippen LogP contribution is -2.48. The van der Waals surface area contributed by atoms with E-state index in [0.29, 0.717) is 0 Å². The first-order chi connectivity index (χ1) is 9.20. The molecule has 0 radical (unpaired) electrons. The lowest BCUT2D eigenvalue weighted by Gasteiger charge is -2.29. The van der Waals surface area contributed by atoms with Gasteiger partial charge < -0.3 is 10.1 Å². The van der Waals surface area contributed by atoms with Crippen LogP contribution in [0.1, 0.15) is 31.1 Å². The van der Waals surface area contributed by atoms with Crippen molar-refractivity contribution in [2.45, 2.75) is 31.1 Å². The molecule has 0 fully saturated rings. The van der Waals surface area contributed by atoms with Gasteiger partial charge in [-0.3, -0.25) is 14.9 Å². The molecular formula is C13H17BrN2O4. The molecule has 1 aromatic rings. The molecule has 0 aromatic heterocycles. The topological polar surface area (TPSA) is 81.5 Å². The number of benzene rings is 1. The summed E-state index contributed by atoms with van der Waals surface area (Å²) in [5.41, 5.74) is -0.597. The summed E-state index contributed by atoms with van der Waals surface area (Å²) < 4.78 is 5.02. The van der Waals surface area contributed by atoms with Gasteiger partial charge >= 0.3 is 5.69 Å². The van der Waals surface area contributed by atoms with Gasteiger partial charge in [-0.05, 0) is 19.9 Å². The van der Waals surface area contributed by atoms with Gasteiger partial charge in [-0.2, -0.15) is 0 Å². The van der Waals surface area contributed by atoms with Crippen molar-refractivity contribution in [2.24, 2.45) is 0 Å². The fourth-order valence-electron chi connectivity index (χ4n) is 1.52. The third-order valence-electron chi connectivity index (χ3n) is 3.07. The maximum absolute atomic E-state index is 12.3. The molecular weight excluding hydrogens is 328 g/mol. The Labute approximate surface area is 125 Å². The van der Waals surface area contributed by atoms with Crippen molar-refractivity contribution < 1.29 is 14.5 Å². The summed E-state index contributed by atoms with van der Waals surface area (Å²) in [6.07, 6.45) is 0. The molecule has 1 aromatic carbocycles. The first-order valence-electron chi connectivity index (χ1n) is 5.98. The van der Waals surface area contributed by atoms with Crippen LogP contribution in [0, 0.1) is 10.1 Å². The summed E-state index contributed by atoms with van der Waals surface area (Å²) in [6.45, 7) is 5.62. The molecule has 110 valence electrons. The SMILES string of the molecule is COc1c(C(=O)NC(C)(C)C(C)Br)cccc1[N+](=O)[O-]. The fraction of sp³-hybridized carbons (Fsp3) is 0.462. The number of alkyl halides is 1. The van der Waals surface area contributed by atoms with Gasteiger partial charge in [0, 0.05) is 16.4 Å². The highest BCUT2D eigenvalue weighted by Gasteiger charge is 2.29. The Hall–Kier alpha value is -1.63. The number of hydrogen-bond donors (Lipinski definition) is 1. The second-order valence-corrected chi connectivity index (χ2v) is 6.28.